The highest BCUT2D eigenvalue weighted by Crippen LogP contribution is 2.26. The molecule has 3 unspecified atom stereocenters. The van der Waals surface area contributed by atoms with Crippen LogP contribution < -0.4 is 15.8 Å². The molecule has 1 fully saturated rings. The van der Waals surface area contributed by atoms with Gasteiger partial charge in [0.15, 0.2) is 0 Å². The molecule has 1 aromatic heterocycles. The topological polar surface area (TPSA) is 82.3 Å². The minimum atomic E-state index is 0.104. The van der Waals surface area contributed by atoms with Gasteiger partial charge in [0.1, 0.15) is 12.1 Å². The average Bonchev–Trinajstić information content (AvgIpc) is 2.36. The van der Waals surface area contributed by atoms with Crippen molar-refractivity contribution in [2.45, 2.75) is 31.5 Å². The number of nitrogens with one attached hydrogen (secondary N) is 1. The molecule has 3 N–H and O–H groups in total. The van der Waals surface area contributed by atoms with Gasteiger partial charge in [-0.15, -0.1) is 0 Å². The summed E-state index contributed by atoms with van der Waals surface area (Å²) < 4.78 is 10.6. The summed E-state index contributed by atoms with van der Waals surface area (Å²) in [4.78, 5) is 8.07. The van der Waals surface area contributed by atoms with E-state index in [0.29, 0.717) is 18.3 Å². The van der Waals surface area contributed by atoms with Crippen molar-refractivity contribution in [3.63, 3.8) is 0 Å². The molecule has 6 nitrogen and oxygen atoms in total. The molecule has 2 rings (SSSR count). The van der Waals surface area contributed by atoms with Crippen molar-refractivity contribution < 1.29 is 9.47 Å². The van der Waals surface area contributed by atoms with Crippen LogP contribution >= 0.6 is 0 Å². The molecule has 1 aliphatic rings. The summed E-state index contributed by atoms with van der Waals surface area (Å²) in [5, 5.41) is 3.26. The Morgan fingerprint density at radius 1 is 1.53 bits per heavy atom. The fourth-order valence-corrected chi connectivity index (χ4v) is 1.93. The van der Waals surface area contributed by atoms with Crippen LogP contribution in [0, 0.1) is 0 Å². The van der Waals surface area contributed by atoms with E-state index in [1.807, 2.05) is 6.92 Å². The number of anilines is 1. The summed E-state index contributed by atoms with van der Waals surface area (Å²) in [6.07, 6.45) is 2.50. The molecule has 0 radical (unpaired) electrons. The van der Waals surface area contributed by atoms with Crippen LogP contribution in [0.4, 0.5) is 5.82 Å². The van der Waals surface area contributed by atoms with Gasteiger partial charge in [0.25, 0.3) is 0 Å². The van der Waals surface area contributed by atoms with E-state index < -0.39 is 0 Å². The Bertz CT molecular complexity index is 372. The molecule has 0 saturated heterocycles. The highest BCUT2D eigenvalue weighted by Gasteiger charge is 2.39. The van der Waals surface area contributed by atoms with E-state index in [1.54, 1.807) is 13.2 Å². The van der Waals surface area contributed by atoms with E-state index in [2.05, 4.69) is 15.3 Å². The fraction of sp³-hybridized carbons (Fsp3) is 0.636. The van der Waals surface area contributed by atoms with Crippen LogP contribution in [0.2, 0.25) is 0 Å². The second-order valence-corrected chi connectivity index (χ2v) is 4.01. The molecule has 17 heavy (non-hydrogen) atoms. The Morgan fingerprint density at radius 2 is 2.35 bits per heavy atom. The second-order valence-electron chi connectivity index (χ2n) is 4.01. The monoisotopic (exact) mass is 238 g/mol. The lowest BCUT2D eigenvalue weighted by molar-refractivity contribution is -0.0127. The van der Waals surface area contributed by atoms with Crippen molar-refractivity contribution in [2.75, 3.05) is 19.0 Å². The first kappa shape index (κ1) is 12.1. The molecule has 0 spiro atoms. The standard InChI is InChI=1S/C11H18N4O2/c1-3-17-8-4-7(12)11(8)15-9-5-10(16-2)14-6-13-9/h5-8,11H,3-4,12H2,1-2H3,(H,13,14,15). The predicted molar refractivity (Wildman–Crippen MR) is 64.0 cm³/mol. The summed E-state index contributed by atoms with van der Waals surface area (Å²) in [7, 11) is 1.57. The minimum Gasteiger partial charge on any atom is -0.481 e. The van der Waals surface area contributed by atoms with Gasteiger partial charge in [-0.2, -0.15) is 0 Å². The van der Waals surface area contributed by atoms with Gasteiger partial charge in [0.05, 0.1) is 19.3 Å². The molecular formula is C11H18N4O2. The molecule has 1 aliphatic carbocycles. The normalized spacial score (nSPS) is 27.4. The van der Waals surface area contributed by atoms with Gasteiger partial charge in [-0.3, -0.25) is 0 Å². The van der Waals surface area contributed by atoms with Crippen LogP contribution in [0.15, 0.2) is 12.4 Å². The first-order valence-corrected chi connectivity index (χ1v) is 5.74. The van der Waals surface area contributed by atoms with E-state index in [9.17, 15) is 0 Å². The molecule has 0 amide bonds. The number of hydrogen-bond donors (Lipinski definition) is 2. The van der Waals surface area contributed by atoms with Crippen molar-refractivity contribution in [1.29, 1.82) is 0 Å². The van der Waals surface area contributed by atoms with Crippen molar-refractivity contribution in [3.05, 3.63) is 12.4 Å². The number of methoxy groups -OCH3 is 1. The molecule has 0 aromatic carbocycles. The Hall–Kier alpha value is -1.40. The highest BCUT2D eigenvalue weighted by molar-refractivity contribution is 5.40. The maximum Gasteiger partial charge on any atom is 0.218 e. The summed E-state index contributed by atoms with van der Waals surface area (Å²) in [6, 6.07) is 1.95. The van der Waals surface area contributed by atoms with E-state index >= 15 is 0 Å². The van der Waals surface area contributed by atoms with Gasteiger partial charge in [-0.25, -0.2) is 9.97 Å². The minimum absolute atomic E-state index is 0.104. The Labute approximate surface area is 101 Å². The zero-order valence-corrected chi connectivity index (χ0v) is 10.1. The molecule has 1 saturated carbocycles. The van der Waals surface area contributed by atoms with Gasteiger partial charge in [-0.1, -0.05) is 0 Å². The van der Waals surface area contributed by atoms with Gasteiger partial charge in [-0.05, 0) is 13.3 Å². The third-order valence-electron chi connectivity index (χ3n) is 2.91. The van der Waals surface area contributed by atoms with Gasteiger partial charge >= 0.3 is 0 Å². The van der Waals surface area contributed by atoms with Gasteiger partial charge in [0.2, 0.25) is 5.88 Å². The quantitative estimate of drug-likeness (QED) is 0.772. The van der Waals surface area contributed by atoms with Crippen LogP contribution in [0.3, 0.4) is 0 Å². The number of nitrogens with zero attached hydrogens (tertiary/aromatic N) is 2. The number of rotatable bonds is 5. The molecule has 94 valence electrons. The van der Waals surface area contributed by atoms with E-state index in [4.69, 9.17) is 15.2 Å². The van der Waals surface area contributed by atoms with E-state index in [0.717, 1.165) is 6.42 Å². The van der Waals surface area contributed by atoms with Crippen molar-refractivity contribution in [2.24, 2.45) is 5.73 Å². The largest absolute Gasteiger partial charge is 0.481 e. The molecule has 0 aliphatic heterocycles. The van der Waals surface area contributed by atoms with E-state index in [-0.39, 0.29) is 18.2 Å². The van der Waals surface area contributed by atoms with Crippen molar-refractivity contribution in [1.82, 2.24) is 9.97 Å². The SMILES string of the molecule is CCOC1CC(N)C1Nc1cc(OC)ncn1. The lowest BCUT2D eigenvalue weighted by Crippen LogP contribution is -2.60. The molecule has 6 heteroatoms. The van der Waals surface area contributed by atoms with Crippen LogP contribution in [0.5, 0.6) is 5.88 Å². The van der Waals surface area contributed by atoms with Crippen LogP contribution in [-0.4, -0.2) is 41.9 Å². The molecule has 1 heterocycles. The molecule has 0 bridgehead atoms. The smallest absolute Gasteiger partial charge is 0.218 e. The third kappa shape index (κ3) is 2.65. The highest BCUT2D eigenvalue weighted by atomic mass is 16.5. The summed E-state index contributed by atoms with van der Waals surface area (Å²) >= 11 is 0. The molecule has 1 aromatic rings. The van der Waals surface area contributed by atoms with Gasteiger partial charge in [0, 0.05) is 18.7 Å². The Balaban J connectivity index is 1.99. The lowest BCUT2D eigenvalue weighted by Gasteiger charge is -2.42. The zero-order valence-electron chi connectivity index (χ0n) is 10.1. The number of nitrogens with two attached hydrogens (primary N) is 1. The summed E-state index contributed by atoms with van der Waals surface area (Å²) in [5.74, 6) is 1.24. The van der Waals surface area contributed by atoms with Crippen molar-refractivity contribution >= 4 is 5.82 Å². The van der Waals surface area contributed by atoms with Crippen LogP contribution in [0.25, 0.3) is 0 Å². The molecular weight excluding hydrogens is 220 g/mol. The lowest BCUT2D eigenvalue weighted by atomic mass is 9.83. The number of aromatic nitrogens is 2. The fourth-order valence-electron chi connectivity index (χ4n) is 1.93. The van der Waals surface area contributed by atoms with Crippen LogP contribution in [-0.2, 0) is 4.74 Å². The third-order valence-corrected chi connectivity index (χ3v) is 2.91. The Kier molecular flexibility index (Phi) is 3.75. The maximum atomic E-state index is 5.94. The molecule has 3 atom stereocenters. The second kappa shape index (κ2) is 5.29. The first-order chi connectivity index (χ1) is 8.24. The number of hydrogen-bond acceptors (Lipinski definition) is 6. The zero-order chi connectivity index (χ0) is 12.3. The van der Waals surface area contributed by atoms with E-state index in [1.165, 1.54) is 6.33 Å². The maximum absolute atomic E-state index is 5.94. The first-order valence-electron chi connectivity index (χ1n) is 5.74. The number of ether oxygens (including phenoxy) is 2. The summed E-state index contributed by atoms with van der Waals surface area (Å²) in [6.45, 7) is 2.68. The Morgan fingerprint density at radius 3 is 3.00 bits per heavy atom. The average molecular weight is 238 g/mol. The predicted octanol–water partition coefficient (Wildman–Crippen LogP) is 0.402. The van der Waals surface area contributed by atoms with Gasteiger partial charge < -0.3 is 20.5 Å². The van der Waals surface area contributed by atoms with Crippen LogP contribution in [0.1, 0.15) is 13.3 Å². The summed E-state index contributed by atoms with van der Waals surface area (Å²) in [5.41, 5.74) is 5.94. The van der Waals surface area contributed by atoms with Crippen molar-refractivity contribution in [3.8, 4) is 5.88 Å².